The van der Waals surface area contributed by atoms with Crippen molar-refractivity contribution in [2.24, 2.45) is 0 Å². The highest BCUT2D eigenvalue weighted by atomic mass is 16.5. The Morgan fingerprint density at radius 1 is 0.403 bits per heavy atom. The van der Waals surface area contributed by atoms with Crippen LogP contribution in [0.15, 0.2) is 123 Å². The first-order chi connectivity index (χ1) is 29.6. The van der Waals surface area contributed by atoms with E-state index >= 15 is 0 Å². The second kappa shape index (κ2) is 33.6. The number of aromatic hydroxyl groups is 1. The molecule has 0 saturated carbocycles. The molecule has 3 nitrogen and oxygen atoms in total. The molecule has 0 amide bonds. The molecule has 0 aliphatic carbocycles. The van der Waals surface area contributed by atoms with Gasteiger partial charge < -0.3 is 14.6 Å². The number of phenolic OH excluding ortho intramolecular Hbond substituents is 1. The summed E-state index contributed by atoms with van der Waals surface area (Å²) in [6.45, 7) is 26.8. The van der Waals surface area contributed by atoms with Crippen molar-refractivity contribution in [2.75, 3.05) is 14.2 Å². The summed E-state index contributed by atoms with van der Waals surface area (Å²) in [6.07, 6.45) is 45.2. The van der Waals surface area contributed by atoms with Crippen LogP contribution in [0.3, 0.4) is 0 Å². The number of ether oxygens (including phenoxy) is 2. The zero-order valence-electron chi connectivity index (χ0n) is 42.5. The van der Waals surface area contributed by atoms with Crippen molar-refractivity contribution in [3.63, 3.8) is 0 Å². The van der Waals surface area contributed by atoms with Crippen molar-refractivity contribution in [3.8, 4) is 17.2 Å². The van der Waals surface area contributed by atoms with Gasteiger partial charge in [0.05, 0.1) is 14.2 Å². The minimum Gasteiger partial charge on any atom is -0.504 e. The molecule has 0 bridgehead atoms. The third-order valence-electron chi connectivity index (χ3n) is 12.0. The molecule has 0 spiro atoms. The minimum absolute atomic E-state index is 0.173. The zero-order valence-corrected chi connectivity index (χ0v) is 42.5. The Morgan fingerprint density at radius 2 is 0.661 bits per heavy atom. The molecule has 1 aromatic carbocycles. The van der Waals surface area contributed by atoms with Crippen LogP contribution < -0.4 is 9.47 Å². The van der Waals surface area contributed by atoms with Crippen molar-refractivity contribution < 1.29 is 14.6 Å². The van der Waals surface area contributed by atoms with Gasteiger partial charge >= 0.3 is 0 Å². The lowest BCUT2D eigenvalue weighted by atomic mass is 10.00. The van der Waals surface area contributed by atoms with Gasteiger partial charge in [-0.2, -0.15) is 0 Å². The summed E-state index contributed by atoms with van der Waals surface area (Å²) in [5.74, 6) is 1.13. The number of aryl methyl sites for hydroxylation is 1. The highest BCUT2D eigenvalue weighted by Gasteiger charge is 2.16. The zero-order chi connectivity index (χ0) is 46.3. The summed E-state index contributed by atoms with van der Waals surface area (Å²) < 4.78 is 10.7. The molecule has 0 saturated heterocycles. The Labute approximate surface area is 383 Å². The molecule has 0 heterocycles. The highest BCUT2D eigenvalue weighted by Crippen LogP contribution is 2.41. The van der Waals surface area contributed by atoms with Crippen LogP contribution in [0.2, 0.25) is 0 Å². The van der Waals surface area contributed by atoms with Crippen LogP contribution in [-0.2, 0) is 6.42 Å². The summed E-state index contributed by atoms with van der Waals surface area (Å²) in [4.78, 5) is 0. The van der Waals surface area contributed by atoms with Crippen molar-refractivity contribution in [1.82, 2.24) is 0 Å². The second-order valence-corrected chi connectivity index (χ2v) is 18.5. The monoisotopic (exact) mass is 849 g/mol. The Morgan fingerprint density at radius 3 is 0.903 bits per heavy atom. The molecule has 1 aromatic rings. The van der Waals surface area contributed by atoms with Crippen molar-refractivity contribution in [2.45, 2.75) is 205 Å². The van der Waals surface area contributed by atoms with Gasteiger partial charge in [-0.15, -0.1) is 0 Å². The number of hydrogen-bond donors (Lipinski definition) is 1. The Hall–Kier alpha value is -3.98. The molecule has 0 radical (unpaired) electrons. The summed E-state index contributed by atoms with van der Waals surface area (Å²) in [5.41, 5.74) is 16.7. The molecule has 0 aliphatic heterocycles. The Bertz CT molecular complexity index is 1790. The first kappa shape index (κ1) is 56.0. The average Bonchev–Trinajstić information content (AvgIpc) is 3.20. The molecule has 1 rings (SSSR count). The van der Waals surface area contributed by atoms with Gasteiger partial charge in [0.25, 0.3) is 0 Å². The van der Waals surface area contributed by atoms with Crippen LogP contribution in [0, 0.1) is 6.92 Å². The summed E-state index contributed by atoms with van der Waals surface area (Å²) in [7, 11) is 3.15. The Balaban J connectivity index is 2.30. The van der Waals surface area contributed by atoms with Gasteiger partial charge in [-0.25, -0.2) is 0 Å². The van der Waals surface area contributed by atoms with E-state index < -0.39 is 0 Å². The number of rotatable bonds is 31. The minimum atomic E-state index is 0.173. The third-order valence-corrected chi connectivity index (χ3v) is 12.0. The van der Waals surface area contributed by atoms with Crippen LogP contribution in [0.4, 0.5) is 0 Å². The SMILES string of the molecule is COc1cc(C)c(C/C=C(\C)CC/C=C(\C)CC/C=C(\C)CC/C=C(\C)CC/C=C(\C)CC/C=C(\C)CC/C=C(\C)CC/C=C(\C)CC/C=C(\C)CCC=C(C)C)c(O)c1OC. The fraction of sp³-hybridized carbons (Fsp3) is 0.559. The molecule has 0 aromatic heterocycles. The van der Waals surface area contributed by atoms with Gasteiger partial charge in [-0.05, 0) is 217 Å². The first-order valence-corrected chi connectivity index (χ1v) is 24.0. The number of allylic oxidation sites excluding steroid dienone is 20. The topological polar surface area (TPSA) is 38.7 Å². The maximum absolute atomic E-state index is 10.7. The van der Waals surface area contributed by atoms with Crippen LogP contribution in [0.25, 0.3) is 0 Å². The third kappa shape index (κ3) is 27.2. The molecular weight excluding hydrogens is 757 g/mol. The number of methoxy groups -OCH3 is 2. The maximum Gasteiger partial charge on any atom is 0.203 e. The quantitative estimate of drug-likeness (QED) is 0.0757. The molecular formula is C59H92O3. The predicted molar refractivity (Wildman–Crippen MR) is 276 cm³/mol. The summed E-state index contributed by atoms with van der Waals surface area (Å²) in [6, 6.07) is 1.93. The van der Waals surface area contributed by atoms with Crippen molar-refractivity contribution in [1.29, 1.82) is 0 Å². The van der Waals surface area contributed by atoms with E-state index in [1.807, 2.05) is 13.0 Å². The summed E-state index contributed by atoms with van der Waals surface area (Å²) >= 11 is 0. The largest absolute Gasteiger partial charge is 0.504 e. The first-order valence-electron chi connectivity index (χ1n) is 24.0. The van der Waals surface area contributed by atoms with E-state index in [2.05, 4.69) is 137 Å². The number of benzene rings is 1. The lowest BCUT2D eigenvalue weighted by Gasteiger charge is -2.15. The fourth-order valence-electron chi connectivity index (χ4n) is 7.55. The van der Waals surface area contributed by atoms with Crippen molar-refractivity contribution >= 4 is 0 Å². The second-order valence-electron chi connectivity index (χ2n) is 18.5. The molecule has 1 N–H and O–H groups in total. The van der Waals surface area contributed by atoms with Crippen LogP contribution in [0.1, 0.15) is 203 Å². The van der Waals surface area contributed by atoms with Gasteiger partial charge in [-0.3, -0.25) is 0 Å². The smallest absolute Gasteiger partial charge is 0.203 e. The van der Waals surface area contributed by atoms with E-state index in [0.29, 0.717) is 17.9 Å². The van der Waals surface area contributed by atoms with Crippen LogP contribution >= 0.6 is 0 Å². The normalized spacial score (nSPS) is 14.2. The maximum atomic E-state index is 10.7. The molecule has 0 unspecified atom stereocenters. The summed E-state index contributed by atoms with van der Waals surface area (Å²) in [5, 5.41) is 10.7. The molecule has 0 atom stereocenters. The van der Waals surface area contributed by atoms with Gasteiger partial charge in [0.2, 0.25) is 5.75 Å². The molecule has 62 heavy (non-hydrogen) atoms. The van der Waals surface area contributed by atoms with Gasteiger partial charge in [0.1, 0.15) is 0 Å². The van der Waals surface area contributed by atoms with E-state index in [-0.39, 0.29) is 5.75 Å². The van der Waals surface area contributed by atoms with E-state index in [1.54, 1.807) is 14.2 Å². The van der Waals surface area contributed by atoms with Crippen LogP contribution in [-0.4, -0.2) is 19.3 Å². The standard InChI is InChI=1S/C59H92O3/c1-45(2)24-15-25-46(3)26-16-27-47(4)28-17-29-48(5)30-18-31-49(6)32-19-33-50(7)34-20-35-51(8)36-21-37-52(9)38-22-39-53(10)40-23-41-54(11)42-43-56-55(12)44-57(61-13)59(62-14)58(56)60/h24,26,28,30,32,34,36,38,40,42,44,60H,15-23,25,27,29,31,33,35,37,39,41,43H2,1-14H3/b46-26+,47-28+,48-30+,49-32+,50-34+,51-36+,52-38+,53-40+,54-42+. The fourth-order valence-corrected chi connectivity index (χ4v) is 7.55. The number of hydrogen-bond acceptors (Lipinski definition) is 3. The highest BCUT2D eigenvalue weighted by molar-refractivity contribution is 5.58. The number of phenols is 1. The van der Waals surface area contributed by atoms with E-state index in [1.165, 1.54) is 87.8 Å². The van der Waals surface area contributed by atoms with Gasteiger partial charge in [-0.1, -0.05) is 116 Å². The van der Waals surface area contributed by atoms with E-state index in [4.69, 9.17) is 9.47 Å². The van der Waals surface area contributed by atoms with Crippen LogP contribution in [0.5, 0.6) is 17.2 Å². The van der Waals surface area contributed by atoms with E-state index in [0.717, 1.165) is 94.6 Å². The molecule has 3 heteroatoms. The molecule has 0 fully saturated rings. The lowest BCUT2D eigenvalue weighted by Crippen LogP contribution is -1.97. The molecule has 346 valence electrons. The predicted octanol–water partition coefficient (Wildman–Crippen LogP) is 18.8. The molecule has 0 aliphatic rings. The Kier molecular flexibility index (Phi) is 30.3. The van der Waals surface area contributed by atoms with Gasteiger partial charge in [0.15, 0.2) is 11.5 Å². The van der Waals surface area contributed by atoms with E-state index in [9.17, 15) is 5.11 Å². The lowest BCUT2D eigenvalue weighted by molar-refractivity contribution is 0.331. The van der Waals surface area contributed by atoms with Crippen molar-refractivity contribution in [3.05, 3.63) is 134 Å². The van der Waals surface area contributed by atoms with Gasteiger partial charge in [0, 0.05) is 5.56 Å². The average molecular weight is 849 g/mol.